The third-order valence-electron chi connectivity index (χ3n) is 0.940. The van der Waals surface area contributed by atoms with E-state index in [1.165, 1.54) is 30.7 Å². The summed E-state index contributed by atoms with van der Waals surface area (Å²) in [6, 6.07) is 10.5. The van der Waals surface area contributed by atoms with E-state index in [0.717, 1.165) is 0 Å². The third kappa shape index (κ3) is 3.29. The van der Waals surface area contributed by atoms with Crippen molar-refractivity contribution >= 4 is 60.3 Å². The Bertz CT molecular complexity index is 136. The zero-order valence-electron chi connectivity index (χ0n) is 4.39. The fourth-order valence-electron chi connectivity index (χ4n) is 0.534. The standard InChI is InChI=1S/C6H5.2Na.H/c1-2-4-6-5-3-1;;;/h1-5H;;;. The molecular weight excluding hydrogens is 118 g/mol. The molecule has 0 saturated carbocycles. The molecule has 8 heavy (non-hydrogen) atoms. The minimum atomic E-state index is 0. The van der Waals surface area contributed by atoms with Gasteiger partial charge in [-0.1, -0.05) is 0 Å². The van der Waals surface area contributed by atoms with Crippen molar-refractivity contribution in [1.82, 2.24) is 0 Å². The quantitative estimate of drug-likeness (QED) is 0.421. The van der Waals surface area contributed by atoms with Crippen LogP contribution >= 0.6 is 0 Å². The van der Waals surface area contributed by atoms with Crippen LogP contribution < -0.4 is 2.81 Å². The molecular formula is C6H6Na2. The Morgan fingerprint density at radius 1 is 1.00 bits per heavy atom. The van der Waals surface area contributed by atoms with Gasteiger partial charge in [0, 0.05) is 0 Å². The number of rotatable bonds is 0. The first-order valence-corrected chi connectivity index (χ1v) is 3.41. The average Bonchev–Trinajstić information content (AvgIpc) is 1.69. The fourth-order valence-corrected chi connectivity index (χ4v) is 0.919. The van der Waals surface area contributed by atoms with Gasteiger partial charge in [0.1, 0.15) is 0 Å². The summed E-state index contributed by atoms with van der Waals surface area (Å²) in [5, 5.41) is 0. The van der Waals surface area contributed by atoms with E-state index in [9.17, 15) is 0 Å². The molecule has 0 spiro atoms. The Labute approximate surface area is 89.4 Å². The first-order valence-electron chi connectivity index (χ1n) is 2.41. The Morgan fingerprint density at radius 3 is 1.75 bits per heavy atom. The molecule has 0 N–H and O–H groups in total. The molecule has 0 aliphatic rings. The van der Waals surface area contributed by atoms with E-state index in [0.29, 0.717) is 0 Å². The molecule has 0 aliphatic heterocycles. The second-order valence-corrected chi connectivity index (χ2v) is 2.81. The van der Waals surface area contributed by atoms with Gasteiger partial charge in [0.15, 0.2) is 0 Å². The monoisotopic (exact) mass is 124 g/mol. The zero-order valence-corrected chi connectivity index (χ0v) is 6.39. The zero-order chi connectivity index (χ0) is 5.11. The van der Waals surface area contributed by atoms with Crippen molar-refractivity contribution in [2.45, 2.75) is 0 Å². The van der Waals surface area contributed by atoms with Crippen molar-refractivity contribution < 1.29 is 0 Å². The second-order valence-electron chi connectivity index (χ2n) is 1.65. The molecule has 1 aromatic carbocycles. The first kappa shape index (κ1) is 9.22. The van der Waals surface area contributed by atoms with Gasteiger partial charge in [-0.15, -0.1) is 0 Å². The summed E-state index contributed by atoms with van der Waals surface area (Å²) < 4.78 is 1.46. The molecule has 0 fully saturated rings. The normalized spacial score (nSPS) is 7.75. The predicted octanol–water partition coefficient (Wildman–Crippen LogP) is -0.168. The van der Waals surface area contributed by atoms with Crippen molar-refractivity contribution in [2.75, 3.05) is 0 Å². The molecule has 0 heterocycles. The van der Waals surface area contributed by atoms with Crippen LogP contribution in [0, 0.1) is 0 Å². The van der Waals surface area contributed by atoms with Crippen molar-refractivity contribution in [3.63, 3.8) is 0 Å². The average molecular weight is 124 g/mol. The van der Waals surface area contributed by atoms with E-state index in [1.807, 2.05) is 6.07 Å². The Morgan fingerprint density at radius 2 is 1.50 bits per heavy atom. The van der Waals surface area contributed by atoms with Crippen LogP contribution in [0.4, 0.5) is 0 Å². The summed E-state index contributed by atoms with van der Waals surface area (Å²) in [4.78, 5) is 0. The number of benzene rings is 1. The minimum absolute atomic E-state index is 0. The summed E-state index contributed by atoms with van der Waals surface area (Å²) in [7, 11) is 0. The molecule has 1 aromatic rings. The molecule has 0 aromatic heterocycles. The van der Waals surface area contributed by atoms with Crippen molar-refractivity contribution in [3.05, 3.63) is 30.3 Å². The van der Waals surface area contributed by atoms with Crippen LogP contribution in [0.1, 0.15) is 0 Å². The molecule has 0 aliphatic carbocycles. The topological polar surface area (TPSA) is 0 Å². The van der Waals surface area contributed by atoms with Gasteiger partial charge in [0.05, 0.1) is 0 Å². The van der Waals surface area contributed by atoms with Crippen LogP contribution in [0.3, 0.4) is 0 Å². The summed E-state index contributed by atoms with van der Waals surface area (Å²) in [6.07, 6.45) is 0. The van der Waals surface area contributed by atoms with Gasteiger partial charge in [-0.3, -0.25) is 0 Å². The Hall–Kier alpha value is 1.22. The Balaban J connectivity index is 0.000000490. The summed E-state index contributed by atoms with van der Waals surface area (Å²) in [5.74, 6) is 0. The van der Waals surface area contributed by atoms with Gasteiger partial charge in [0.2, 0.25) is 0 Å². The summed E-state index contributed by atoms with van der Waals surface area (Å²) >= 11 is 1.17. The van der Waals surface area contributed by atoms with Crippen LogP contribution in [-0.2, 0) is 0 Å². The molecule has 0 nitrogen and oxygen atoms in total. The van der Waals surface area contributed by atoms with Crippen molar-refractivity contribution in [3.8, 4) is 0 Å². The van der Waals surface area contributed by atoms with Gasteiger partial charge in [-0.2, -0.15) is 0 Å². The van der Waals surface area contributed by atoms with E-state index in [-0.39, 0.29) is 29.6 Å². The van der Waals surface area contributed by atoms with E-state index in [4.69, 9.17) is 0 Å². The van der Waals surface area contributed by atoms with Gasteiger partial charge in [-0.05, 0) is 0 Å². The van der Waals surface area contributed by atoms with Crippen molar-refractivity contribution in [2.24, 2.45) is 0 Å². The molecule has 2 heteroatoms. The van der Waals surface area contributed by atoms with Crippen LogP contribution in [0.25, 0.3) is 0 Å². The molecule has 0 unspecified atom stereocenters. The molecule has 0 amide bonds. The summed E-state index contributed by atoms with van der Waals surface area (Å²) in [6.45, 7) is 0. The summed E-state index contributed by atoms with van der Waals surface area (Å²) in [5.41, 5.74) is 0. The molecule has 32 valence electrons. The van der Waals surface area contributed by atoms with Gasteiger partial charge < -0.3 is 0 Å². The van der Waals surface area contributed by atoms with Gasteiger partial charge >= 0.3 is 90.6 Å². The first-order chi connectivity index (χ1) is 3.39. The molecule has 0 saturated heterocycles. The molecule has 0 bridgehead atoms. The third-order valence-corrected chi connectivity index (χ3v) is 1.61. The predicted molar refractivity (Wildman–Crippen MR) is 39.0 cm³/mol. The van der Waals surface area contributed by atoms with Gasteiger partial charge in [-0.25, -0.2) is 0 Å². The maximum absolute atomic E-state index is 2.15. The van der Waals surface area contributed by atoms with Gasteiger partial charge in [0.25, 0.3) is 0 Å². The van der Waals surface area contributed by atoms with Crippen LogP contribution in [0.5, 0.6) is 0 Å². The van der Waals surface area contributed by atoms with Crippen LogP contribution in [0.2, 0.25) is 0 Å². The molecule has 0 radical (unpaired) electrons. The van der Waals surface area contributed by atoms with E-state index in [1.54, 1.807) is 0 Å². The second kappa shape index (κ2) is 5.04. The molecule has 0 atom stereocenters. The number of hydrogen-bond donors (Lipinski definition) is 0. The number of hydrogen-bond acceptors (Lipinski definition) is 0. The van der Waals surface area contributed by atoms with E-state index in [2.05, 4.69) is 24.3 Å². The van der Waals surface area contributed by atoms with Crippen LogP contribution in [-0.4, -0.2) is 57.5 Å². The SMILES string of the molecule is [NaH].[Na][c]1ccccc1. The van der Waals surface area contributed by atoms with E-state index < -0.39 is 0 Å². The Kier molecular flexibility index (Phi) is 5.81. The van der Waals surface area contributed by atoms with E-state index >= 15 is 0 Å². The molecule has 1 rings (SSSR count). The van der Waals surface area contributed by atoms with Crippen LogP contribution in [0.15, 0.2) is 30.3 Å². The maximum atomic E-state index is 2.15. The fraction of sp³-hybridized carbons (Fsp3) is 0. The van der Waals surface area contributed by atoms with Crippen molar-refractivity contribution in [1.29, 1.82) is 0 Å².